The Labute approximate surface area is 97.0 Å². The molecule has 0 aliphatic rings. The van der Waals surface area contributed by atoms with Crippen LogP contribution >= 0.6 is 23.6 Å². The molecule has 2 aromatic rings. The monoisotopic (exact) mass is 240 g/mol. The van der Waals surface area contributed by atoms with Gasteiger partial charge in [-0.2, -0.15) is 5.10 Å². The summed E-state index contributed by atoms with van der Waals surface area (Å²) in [6.07, 6.45) is 0.902. The van der Waals surface area contributed by atoms with Crippen LogP contribution in [-0.2, 0) is 13.0 Å². The fourth-order valence-electron chi connectivity index (χ4n) is 1.41. The van der Waals surface area contributed by atoms with Crippen molar-refractivity contribution in [3.63, 3.8) is 0 Å². The van der Waals surface area contributed by atoms with Crippen LogP contribution in [0.15, 0.2) is 5.38 Å². The van der Waals surface area contributed by atoms with Gasteiger partial charge in [0.25, 0.3) is 0 Å². The lowest BCUT2D eigenvalue weighted by Gasteiger charge is -2.01. The number of nitrogens with zero attached hydrogens (tertiary/aromatic N) is 3. The number of thiazole rings is 1. The number of aromatic nitrogens is 4. The fraction of sp³-hybridized carbons (Fsp3) is 0.444. The van der Waals surface area contributed by atoms with E-state index >= 15 is 0 Å². The Balaban J connectivity index is 2.08. The lowest BCUT2D eigenvalue weighted by Crippen LogP contribution is -2.03. The molecule has 0 spiro atoms. The number of rotatable bonds is 3. The standard InChI is InChI=1S/C9H12N4S2/c1-6-11-12-9(14)13(6)4-3-8-5-15-7(2)10-8/h5H,3-4H2,1-2H3,(H,12,14). The van der Waals surface area contributed by atoms with Gasteiger partial charge in [0.1, 0.15) is 5.82 Å². The van der Waals surface area contributed by atoms with Crippen molar-refractivity contribution in [2.45, 2.75) is 26.8 Å². The molecule has 0 radical (unpaired) electrons. The van der Waals surface area contributed by atoms with Gasteiger partial charge >= 0.3 is 0 Å². The molecule has 0 unspecified atom stereocenters. The molecule has 2 rings (SSSR count). The molecule has 6 heteroatoms. The van der Waals surface area contributed by atoms with E-state index in [1.807, 2.05) is 18.4 Å². The number of hydrogen-bond donors (Lipinski definition) is 1. The van der Waals surface area contributed by atoms with Gasteiger partial charge in [-0.3, -0.25) is 5.10 Å². The number of H-pyrrole nitrogens is 1. The highest BCUT2D eigenvalue weighted by atomic mass is 32.1. The van der Waals surface area contributed by atoms with Gasteiger partial charge in [0.05, 0.1) is 10.7 Å². The van der Waals surface area contributed by atoms with Crippen LogP contribution in [-0.4, -0.2) is 19.7 Å². The molecule has 4 nitrogen and oxygen atoms in total. The van der Waals surface area contributed by atoms with Gasteiger partial charge in [-0.15, -0.1) is 11.3 Å². The van der Waals surface area contributed by atoms with Crippen molar-refractivity contribution < 1.29 is 0 Å². The lowest BCUT2D eigenvalue weighted by molar-refractivity contribution is 0.657. The second-order valence-electron chi connectivity index (χ2n) is 3.34. The second-order valence-corrected chi connectivity index (χ2v) is 4.78. The molecule has 2 heterocycles. The summed E-state index contributed by atoms with van der Waals surface area (Å²) >= 11 is 6.80. The average molecular weight is 240 g/mol. The van der Waals surface area contributed by atoms with E-state index < -0.39 is 0 Å². The fourth-order valence-corrected chi connectivity index (χ4v) is 2.33. The molecule has 0 amide bonds. The van der Waals surface area contributed by atoms with Crippen LogP contribution in [0.1, 0.15) is 16.5 Å². The number of aromatic amines is 1. The SMILES string of the molecule is Cc1nc(CCn2c(C)n[nH]c2=S)cs1. The van der Waals surface area contributed by atoms with Crippen LogP contribution in [0.3, 0.4) is 0 Å². The summed E-state index contributed by atoms with van der Waals surface area (Å²) in [6.45, 7) is 4.80. The van der Waals surface area contributed by atoms with E-state index in [2.05, 4.69) is 20.6 Å². The minimum Gasteiger partial charge on any atom is -0.304 e. The predicted molar refractivity (Wildman–Crippen MR) is 62.7 cm³/mol. The summed E-state index contributed by atoms with van der Waals surface area (Å²) in [6, 6.07) is 0. The molecule has 15 heavy (non-hydrogen) atoms. The van der Waals surface area contributed by atoms with Crippen LogP contribution in [0.2, 0.25) is 0 Å². The van der Waals surface area contributed by atoms with Crippen molar-refractivity contribution in [1.29, 1.82) is 0 Å². The Hall–Kier alpha value is -1.01. The third-order valence-corrected chi connectivity index (χ3v) is 3.34. The Morgan fingerprint density at radius 3 is 2.87 bits per heavy atom. The molecule has 80 valence electrons. The molecule has 0 saturated heterocycles. The summed E-state index contributed by atoms with van der Waals surface area (Å²) < 4.78 is 2.67. The first kappa shape index (κ1) is 10.5. The van der Waals surface area contributed by atoms with Gasteiger partial charge in [-0.05, 0) is 26.1 Å². The summed E-state index contributed by atoms with van der Waals surface area (Å²) in [5.74, 6) is 0.923. The van der Waals surface area contributed by atoms with Gasteiger partial charge in [-0.1, -0.05) is 0 Å². The summed E-state index contributed by atoms with van der Waals surface area (Å²) in [5, 5.41) is 10.0. The topological polar surface area (TPSA) is 46.5 Å². The van der Waals surface area contributed by atoms with E-state index in [1.165, 1.54) is 0 Å². The summed E-state index contributed by atoms with van der Waals surface area (Å²) in [5.41, 5.74) is 1.13. The van der Waals surface area contributed by atoms with Gasteiger partial charge in [0, 0.05) is 18.3 Å². The normalized spacial score (nSPS) is 10.8. The zero-order chi connectivity index (χ0) is 10.8. The third kappa shape index (κ3) is 2.32. The molecular formula is C9H12N4S2. The van der Waals surface area contributed by atoms with Crippen molar-refractivity contribution in [3.05, 3.63) is 26.7 Å². The zero-order valence-electron chi connectivity index (χ0n) is 8.65. The molecule has 0 aliphatic carbocycles. The van der Waals surface area contributed by atoms with Crippen LogP contribution in [0, 0.1) is 18.6 Å². The summed E-state index contributed by atoms with van der Waals surface area (Å²) in [7, 11) is 0. The maximum atomic E-state index is 5.12. The Bertz CT molecular complexity index is 508. The molecule has 0 bridgehead atoms. The highest BCUT2D eigenvalue weighted by Gasteiger charge is 2.03. The van der Waals surface area contributed by atoms with E-state index in [-0.39, 0.29) is 0 Å². The van der Waals surface area contributed by atoms with E-state index in [4.69, 9.17) is 12.2 Å². The number of hydrogen-bond acceptors (Lipinski definition) is 4. The third-order valence-electron chi connectivity index (χ3n) is 2.21. The molecular weight excluding hydrogens is 228 g/mol. The van der Waals surface area contributed by atoms with Crippen molar-refractivity contribution in [3.8, 4) is 0 Å². The Morgan fingerprint density at radius 1 is 1.53 bits per heavy atom. The van der Waals surface area contributed by atoms with E-state index in [0.717, 1.165) is 29.5 Å². The van der Waals surface area contributed by atoms with Gasteiger partial charge in [-0.25, -0.2) is 4.98 Å². The quantitative estimate of drug-likeness (QED) is 0.837. The highest BCUT2D eigenvalue weighted by molar-refractivity contribution is 7.71. The first-order valence-electron chi connectivity index (χ1n) is 4.69. The molecule has 0 aromatic carbocycles. The first-order chi connectivity index (χ1) is 7.16. The van der Waals surface area contributed by atoms with Gasteiger partial charge in [0.2, 0.25) is 0 Å². The second kappa shape index (κ2) is 4.24. The Morgan fingerprint density at radius 2 is 2.33 bits per heavy atom. The van der Waals surface area contributed by atoms with Crippen LogP contribution < -0.4 is 0 Å². The smallest absolute Gasteiger partial charge is 0.195 e. The van der Waals surface area contributed by atoms with Crippen molar-refractivity contribution >= 4 is 23.6 Å². The molecule has 0 saturated carbocycles. The predicted octanol–water partition coefficient (Wildman–Crippen LogP) is 2.26. The van der Waals surface area contributed by atoms with Crippen LogP contribution in [0.25, 0.3) is 0 Å². The summed E-state index contributed by atoms with van der Waals surface area (Å²) in [4.78, 5) is 4.41. The molecule has 0 atom stereocenters. The van der Waals surface area contributed by atoms with E-state index in [0.29, 0.717) is 4.77 Å². The molecule has 1 N–H and O–H groups in total. The van der Waals surface area contributed by atoms with Crippen molar-refractivity contribution in [2.75, 3.05) is 0 Å². The van der Waals surface area contributed by atoms with Crippen molar-refractivity contribution in [1.82, 2.24) is 19.7 Å². The minimum atomic E-state index is 0.680. The van der Waals surface area contributed by atoms with Crippen LogP contribution in [0.4, 0.5) is 0 Å². The lowest BCUT2D eigenvalue weighted by atomic mass is 10.3. The number of nitrogens with one attached hydrogen (secondary N) is 1. The number of aryl methyl sites for hydroxylation is 3. The first-order valence-corrected chi connectivity index (χ1v) is 5.98. The molecule has 2 aromatic heterocycles. The van der Waals surface area contributed by atoms with Crippen molar-refractivity contribution in [2.24, 2.45) is 0 Å². The van der Waals surface area contributed by atoms with E-state index in [9.17, 15) is 0 Å². The van der Waals surface area contributed by atoms with Gasteiger partial charge in [0.15, 0.2) is 4.77 Å². The largest absolute Gasteiger partial charge is 0.304 e. The Kier molecular flexibility index (Phi) is 2.97. The maximum absolute atomic E-state index is 5.12. The zero-order valence-corrected chi connectivity index (χ0v) is 10.3. The van der Waals surface area contributed by atoms with E-state index in [1.54, 1.807) is 11.3 Å². The van der Waals surface area contributed by atoms with Crippen LogP contribution in [0.5, 0.6) is 0 Å². The molecule has 0 fully saturated rings. The van der Waals surface area contributed by atoms with Gasteiger partial charge < -0.3 is 4.57 Å². The minimum absolute atomic E-state index is 0.680. The maximum Gasteiger partial charge on any atom is 0.195 e. The average Bonchev–Trinajstić information content (AvgIpc) is 2.73. The molecule has 0 aliphatic heterocycles. The highest BCUT2D eigenvalue weighted by Crippen LogP contribution is 2.09.